The van der Waals surface area contributed by atoms with E-state index in [0.29, 0.717) is 19.3 Å². The highest BCUT2D eigenvalue weighted by Gasteiger charge is 2.45. The standard InChI is InChI=1S/C63H102O11/c1-4-7-10-13-16-19-22-25-28-31-34-37-40-43-46-49-57(64)70-52-55(73-59(66)51-48-45-42-39-36-33-30-27-24-21-18-15-12-9-6-3)53-72-63-62(69)61(68)60(67)56(74-63)54-71-58(65)50-47-44-41-38-35-32-29-26-23-20-17-14-11-8-5-2/h7-12,16-21,25-30,55-56,60-63,67-69H,4-6,13-15,22-24,31-54H2,1-3H3/b10-7-,11-8-,12-9-,19-16-,20-17-,21-18-,28-25-,29-26-,30-27-/t55?,56-,60-,61+,62-,63-/m1/s1. The van der Waals surface area contributed by atoms with E-state index in [1.165, 1.54) is 0 Å². The zero-order valence-electron chi connectivity index (χ0n) is 46.3. The van der Waals surface area contributed by atoms with Crippen molar-refractivity contribution in [2.45, 2.75) is 250 Å². The fraction of sp³-hybridized carbons (Fsp3) is 0.667. The highest BCUT2D eigenvalue weighted by Crippen LogP contribution is 2.24. The van der Waals surface area contributed by atoms with Crippen LogP contribution in [0, 0.1) is 0 Å². The first kappa shape index (κ1) is 67.9. The zero-order valence-corrected chi connectivity index (χ0v) is 46.3. The SMILES string of the molecule is CC/C=C\C/C=C\C/C=C\CCCCCCCC(=O)OCC(CO[C@@H]1O[C@H](COC(=O)CCCCCCC/C=C\C/C=C\C/C=C\CC)[C@@H](O)[C@H](O)[C@H]1O)OC(=O)CCCCCCC/C=C\C/C=C\C/C=C\CC. The van der Waals surface area contributed by atoms with Gasteiger partial charge in [0.2, 0.25) is 0 Å². The third kappa shape index (κ3) is 41.2. The third-order valence-electron chi connectivity index (χ3n) is 12.3. The van der Waals surface area contributed by atoms with Gasteiger partial charge in [-0.3, -0.25) is 14.4 Å². The summed E-state index contributed by atoms with van der Waals surface area (Å²) in [6, 6.07) is 0. The van der Waals surface area contributed by atoms with Crippen molar-refractivity contribution in [3.63, 3.8) is 0 Å². The Kier molecular flexibility index (Phi) is 46.8. The first-order valence-corrected chi connectivity index (χ1v) is 28.9. The van der Waals surface area contributed by atoms with Crippen LogP contribution >= 0.6 is 0 Å². The maximum absolute atomic E-state index is 13.0. The minimum Gasteiger partial charge on any atom is -0.463 e. The number of carbonyl (C=O) groups is 3. The van der Waals surface area contributed by atoms with Gasteiger partial charge in [0, 0.05) is 19.3 Å². The summed E-state index contributed by atoms with van der Waals surface area (Å²) in [6.45, 7) is 5.47. The second-order valence-corrected chi connectivity index (χ2v) is 19.1. The Bertz CT molecular complexity index is 1640. The maximum Gasteiger partial charge on any atom is 0.306 e. The lowest BCUT2D eigenvalue weighted by molar-refractivity contribution is -0.305. The Balaban J connectivity index is 2.58. The number of ether oxygens (including phenoxy) is 5. The molecule has 6 atom stereocenters. The van der Waals surface area contributed by atoms with Crippen molar-refractivity contribution >= 4 is 17.9 Å². The largest absolute Gasteiger partial charge is 0.463 e. The molecule has 11 nitrogen and oxygen atoms in total. The molecule has 3 N–H and O–H groups in total. The van der Waals surface area contributed by atoms with Crippen LogP contribution in [-0.2, 0) is 38.1 Å². The average Bonchev–Trinajstić information content (AvgIpc) is 3.39. The maximum atomic E-state index is 13.0. The van der Waals surface area contributed by atoms with Crippen LogP contribution in [0.2, 0.25) is 0 Å². The van der Waals surface area contributed by atoms with Gasteiger partial charge in [-0.05, 0) is 116 Å². The fourth-order valence-electron chi connectivity index (χ4n) is 7.93. The predicted molar refractivity (Wildman–Crippen MR) is 302 cm³/mol. The molecule has 1 saturated heterocycles. The van der Waals surface area contributed by atoms with Crippen LogP contribution in [0.1, 0.15) is 213 Å². The van der Waals surface area contributed by atoms with Gasteiger partial charge in [-0.15, -0.1) is 0 Å². The highest BCUT2D eigenvalue weighted by atomic mass is 16.7. The van der Waals surface area contributed by atoms with Gasteiger partial charge in [0.05, 0.1) is 6.61 Å². The number of rotatable bonds is 47. The van der Waals surface area contributed by atoms with Crippen molar-refractivity contribution in [2.24, 2.45) is 0 Å². The molecule has 11 heteroatoms. The van der Waals surface area contributed by atoms with E-state index in [4.69, 9.17) is 23.7 Å². The summed E-state index contributed by atoms with van der Waals surface area (Å²) in [4.78, 5) is 38.4. The Morgan fingerprint density at radius 3 is 1.18 bits per heavy atom. The topological polar surface area (TPSA) is 158 Å². The highest BCUT2D eigenvalue weighted by molar-refractivity contribution is 5.70. The molecule has 0 aromatic heterocycles. The molecule has 1 aliphatic rings. The quantitative estimate of drug-likeness (QED) is 0.0231. The van der Waals surface area contributed by atoms with E-state index in [0.717, 1.165) is 154 Å². The number of carbonyl (C=O) groups excluding carboxylic acids is 3. The van der Waals surface area contributed by atoms with Crippen LogP contribution in [0.4, 0.5) is 0 Å². The van der Waals surface area contributed by atoms with Gasteiger partial charge >= 0.3 is 17.9 Å². The average molecular weight is 1040 g/mol. The number of hydrogen-bond donors (Lipinski definition) is 3. The normalized spacial score (nSPS) is 19.1. The number of hydrogen-bond acceptors (Lipinski definition) is 11. The molecule has 0 amide bonds. The first-order chi connectivity index (χ1) is 36.2. The van der Waals surface area contributed by atoms with Gasteiger partial charge in [-0.2, -0.15) is 0 Å². The smallest absolute Gasteiger partial charge is 0.306 e. The first-order valence-electron chi connectivity index (χ1n) is 28.9. The molecule has 0 bridgehead atoms. The minimum atomic E-state index is -1.66. The predicted octanol–water partition coefficient (Wildman–Crippen LogP) is 14.6. The Hall–Kier alpha value is -4.13. The van der Waals surface area contributed by atoms with Gasteiger partial charge in [-0.25, -0.2) is 0 Å². The molecule has 0 spiro atoms. The van der Waals surface area contributed by atoms with E-state index in [2.05, 4.69) is 130 Å². The van der Waals surface area contributed by atoms with E-state index in [1.54, 1.807) is 0 Å². The van der Waals surface area contributed by atoms with Crippen molar-refractivity contribution in [1.29, 1.82) is 0 Å². The summed E-state index contributed by atoms with van der Waals surface area (Å²) in [7, 11) is 0. The molecule has 1 aliphatic heterocycles. The summed E-state index contributed by atoms with van der Waals surface area (Å²) in [5.74, 6) is -1.32. The van der Waals surface area contributed by atoms with Gasteiger partial charge in [0.25, 0.3) is 0 Å². The molecule has 0 aromatic rings. The summed E-state index contributed by atoms with van der Waals surface area (Å²) in [5, 5.41) is 32.2. The fourth-order valence-corrected chi connectivity index (χ4v) is 7.93. The summed E-state index contributed by atoms with van der Waals surface area (Å²) in [5.41, 5.74) is 0. The van der Waals surface area contributed by atoms with Crippen LogP contribution < -0.4 is 0 Å². The number of allylic oxidation sites excluding steroid dienone is 18. The van der Waals surface area contributed by atoms with Gasteiger partial charge in [-0.1, -0.05) is 188 Å². The molecular weight excluding hydrogens is 933 g/mol. The van der Waals surface area contributed by atoms with Crippen molar-refractivity contribution < 1.29 is 53.4 Å². The Morgan fingerprint density at radius 2 is 0.757 bits per heavy atom. The number of aliphatic hydroxyl groups is 3. The minimum absolute atomic E-state index is 0.183. The third-order valence-corrected chi connectivity index (χ3v) is 12.3. The van der Waals surface area contributed by atoms with Crippen molar-refractivity contribution in [3.05, 3.63) is 109 Å². The van der Waals surface area contributed by atoms with Crippen LogP contribution in [0.3, 0.4) is 0 Å². The monoisotopic (exact) mass is 1030 g/mol. The second kappa shape index (κ2) is 51.0. The lowest BCUT2D eigenvalue weighted by Gasteiger charge is -2.40. The molecule has 1 rings (SSSR count). The van der Waals surface area contributed by atoms with Crippen molar-refractivity contribution in [1.82, 2.24) is 0 Å². The van der Waals surface area contributed by atoms with E-state index >= 15 is 0 Å². The van der Waals surface area contributed by atoms with Crippen molar-refractivity contribution in [2.75, 3.05) is 19.8 Å². The van der Waals surface area contributed by atoms with E-state index in [1.807, 2.05) is 0 Å². The number of unbranched alkanes of at least 4 members (excludes halogenated alkanes) is 15. The molecule has 1 unspecified atom stereocenters. The van der Waals surface area contributed by atoms with Crippen LogP contribution in [0.25, 0.3) is 0 Å². The molecule has 0 aliphatic carbocycles. The molecule has 1 fully saturated rings. The van der Waals surface area contributed by atoms with Crippen LogP contribution in [-0.4, -0.2) is 89.9 Å². The van der Waals surface area contributed by atoms with E-state index in [9.17, 15) is 29.7 Å². The Morgan fingerprint density at radius 1 is 0.405 bits per heavy atom. The molecule has 74 heavy (non-hydrogen) atoms. The lowest BCUT2D eigenvalue weighted by atomic mass is 9.99. The molecule has 0 aromatic carbocycles. The Labute approximate surface area is 449 Å². The van der Waals surface area contributed by atoms with E-state index < -0.39 is 54.7 Å². The van der Waals surface area contributed by atoms with Crippen LogP contribution in [0.5, 0.6) is 0 Å². The number of esters is 3. The molecular formula is C63H102O11. The lowest BCUT2D eigenvalue weighted by Crippen LogP contribution is -2.59. The molecule has 420 valence electrons. The van der Waals surface area contributed by atoms with Gasteiger partial charge in [0.1, 0.15) is 37.6 Å². The van der Waals surface area contributed by atoms with Gasteiger partial charge in [0.15, 0.2) is 12.4 Å². The van der Waals surface area contributed by atoms with E-state index in [-0.39, 0.29) is 39.1 Å². The van der Waals surface area contributed by atoms with Crippen molar-refractivity contribution in [3.8, 4) is 0 Å². The van der Waals surface area contributed by atoms with Gasteiger partial charge < -0.3 is 39.0 Å². The molecule has 0 saturated carbocycles. The summed E-state index contributed by atoms with van der Waals surface area (Å²) < 4.78 is 28.4. The second-order valence-electron chi connectivity index (χ2n) is 19.1. The zero-order chi connectivity index (χ0) is 53.8. The summed E-state index contributed by atoms with van der Waals surface area (Å²) >= 11 is 0. The molecule has 0 radical (unpaired) electrons. The summed E-state index contributed by atoms with van der Waals surface area (Å²) in [6.07, 6.45) is 57.9. The number of aliphatic hydroxyl groups excluding tert-OH is 3. The molecule has 1 heterocycles. The van der Waals surface area contributed by atoms with Crippen LogP contribution in [0.15, 0.2) is 109 Å².